The molecule has 0 fully saturated rings. The smallest absolute Gasteiger partial charge is 0.410 e. The van der Waals surface area contributed by atoms with E-state index < -0.39 is 5.60 Å². The molecule has 1 aliphatic rings. The maximum absolute atomic E-state index is 11.7. The van der Waals surface area contributed by atoms with Crippen molar-refractivity contribution in [2.45, 2.75) is 45.8 Å². The average Bonchev–Trinajstić information content (AvgIpc) is 2.01. The predicted octanol–water partition coefficient (Wildman–Crippen LogP) is 2.57. The SMILES string of the molecule is C[C@@H]1C=CCCN1C(=O)OC(C)(C)C. The van der Waals surface area contributed by atoms with Crippen LogP contribution in [0.2, 0.25) is 0 Å². The van der Waals surface area contributed by atoms with Gasteiger partial charge in [-0.1, -0.05) is 12.2 Å². The van der Waals surface area contributed by atoms with Crippen LogP contribution in [0, 0.1) is 0 Å². The summed E-state index contributed by atoms with van der Waals surface area (Å²) in [4.78, 5) is 13.4. The van der Waals surface area contributed by atoms with Crippen LogP contribution in [0.25, 0.3) is 0 Å². The van der Waals surface area contributed by atoms with Crippen LogP contribution in [0.4, 0.5) is 4.79 Å². The molecule has 3 nitrogen and oxygen atoms in total. The zero-order chi connectivity index (χ0) is 10.8. The summed E-state index contributed by atoms with van der Waals surface area (Å²) in [5.74, 6) is 0. The van der Waals surface area contributed by atoms with Gasteiger partial charge in [0, 0.05) is 6.54 Å². The lowest BCUT2D eigenvalue weighted by Gasteiger charge is -2.32. The van der Waals surface area contributed by atoms with E-state index in [9.17, 15) is 4.79 Å². The molecule has 0 aliphatic carbocycles. The van der Waals surface area contributed by atoms with Crippen molar-refractivity contribution in [2.24, 2.45) is 0 Å². The molecule has 0 bridgehead atoms. The van der Waals surface area contributed by atoms with Gasteiger partial charge in [-0.2, -0.15) is 0 Å². The summed E-state index contributed by atoms with van der Waals surface area (Å²) < 4.78 is 5.30. The normalized spacial score (nSPS) is 22.3. The predicted molar refractivity (Wildman–Crippen MR) is 56.2 cm³/mol. The molecular formula is C11H19NO2. The summed E-state index contributed by atoms with van der Waals surface area (Å²) in [5, 5.41) is 0. The van der Waals surface area contributed by atoms with Gasteiger partial charge in [-0.3, -0.25) is 0 Å². The molecule has 0 saturated carbocycles. The molecule has 0 aromatic heterocycles. The molecular weight excluding hydrogens is 178 g/mol. The van der Waals surface area contributed by atoms with Crippen molar-refractivity contribution in [1.82, 2.24) is 4.90 Å². The highest BCUT2D eigenvalue weighted by atomic mass is 16.6. The molecule has 1 atom stereocenters. The van der Waals surface area contributed by atoms with E-state index in [4.69, 9.17) is 4.74 Å². The first-order valence-electron chi connectivity index (χ1n) is 5.06. The number of hydrogen-bond donors (Lipinski definition) is 0. The zero-order valence-corrected chi connectivity index (χ0v) is 9.41. The third-order valence-corrected chi connectivity index (χ3v) is 2.07. The van der Waals surface area contributed by atoms with Gasteiger partial charge >= 0.3 is 6.09 Å². The molecule has 0 radical (unpaired) electrons. The minimum atomic E-state index is -0.405. The lowest BCUT2D eigenvalue weighted by atomic mass is 10.1. The zero-order valence-electron chi connectivity index (χ0n) is 9.41. The van der Waals surface area contributed by atoms with Gasteiger partial charge in [-0.15, -0.1) is 0 Å². The maximum Gasteiger partial charge on any atom is 0.410 e. The summed E-state index contributed by atoms with van der Waals surface area (Å²) in [6.45, 7) is 8.41. The van der Waals surface area contributed by atoms with Crippen LogP contribution in [0.3, 0.4) is 0 Å². The van der Waals surface area contributed by atoms with Crippen molar-refractivity contribution in [3.63, 3.8) is 0 Å². The average molecular weight is 197 g/mol. The van der Waals surface area contributed by atoms with E-state index in [1.807, 2.05) is 33.8 Å². The van der Waals surface area contributed by atoms with Gasteiger partial charge in [-0.05, 0) is 34.1 Å². The molecule has 1 aliphatic heterocycles. The Labute approximate surface area is 85.7 Å². The van der Waals surface area contributed by atoms with Crippen molar-refractivity contribution in [3.05, 3.63) is 12.2 Å². The van der Waals surface area contributed by atoms with Gasteiger partial charge in [0.1, 0.15) is 5.60 Å². The van der Waals surface area contributed by atoms with E-state index in [1.54, 1.807) is 4.90 Å². The highest BCUT2D eigenvalue weighted by Crippen LogP contribution is 2.15. The molecule has 0 N–H and O–H groups in total. The van der Waals surface area contributed by atoms with Gasteiger partial charge in [0.15, 0.2) is 0 Å². The van der Waals surface area contributed by atoms with Crippen molar-refractivity contribution >= 4 is 6.09 Å². The minimum Gasteiger partial charge on any atom is -0.444 e. The fraction of sp³-hybridized carbons (Fsp3) is 0.727. The maximum atomic E-state index is 11.7. The second-order valence-electron chi connectivity index (χ2n) is 4.63. The number of carbonyl (C=O) groups is 1. The fourth-order valence-electron chi connectivity index (χ4n) is 1.39. The van der Waals surface area contributed by atoms with E-state index in [0.29, 0.717) is 0 Å². The molecule has 80 valence electrons. The first-order chi connectivity index (χ1) is 6.40. The van der Waals surface area contributed by atoms with E-state index in [-0.39, 0.29) is 12.1 Å². The van der Waals surface area contributed by atoms with Crippen LogP contribution >= 0.6 is 0 Å². The topological polar surface area (TPSA) is 29.5 Å². The molecule has 0 aromatic carbocycles. The van der Waals surface area contributed by atoms with Crippen molar-refractivity contribution in [1.29, 1.82) is 0 Å². The molecule has 0 aromatic rings. The molecule has 0 spiro atoms. The van der Waals surface area contributed by atoms with Gasteiger partial charge in [0.2, 0.25) is 0 Å². The summed E-state index contributed by atoms with van der Waals surface area (Å²) in [6.07, 6.45) is 4.84. The van der Waals surface area contributed by atoms with Crippen molar-refractivity contribution in [2.75, 3.05) is 6.54 Å². The second-order valence-corrected chi connectivity index (χ2v) is 4.63. The summed E-state index contributed by atoms with van der Waals surface area (Å²) in [5.41, 5.74) is -0.405. The standard InChI is InChI=1S/C11H19NO2/c1-9-7-5-6-8-12(9)10(13)14-11(2,3)4/h5,7,9H,6,8H2,1-4H3/t9-/m1/s1. The Morgan fingerprint density at radius 2 is 2.14 bits per heavy atom. The van der Waals surface area contributed by atoms with E-state index in [2.05, 4.69) is 6.08 Å². The highest BCUT2D eigenvalue weighted by Gasteiger charge is 2.25. The number of nitrogens with zero attached hydrogens (tertiary/aromatic N) is 1. The molecule has 1 amide bonds. The van der Waals surface area contributed by atoms with Crippen LogP contribution in [-0.4, -0.2) is 29.2 Å². The molecule has 0 saturated heterocycles. The molecule has 14 heavy (non-hydrogen) atoms. The number of amides is 1. The summed E-state index contributed by atoms with van der Waals surface area (Å²) >= 11 is 0. The van der Waals surface area contributed by atoms with Crippen LogP contribution in [-0.2, 0) is 4.74 Å². The van der Waals surface area contributed by atoms with Crippen molar-refractivity contribution < 1.29 is 9.53 Å². The Hall–Kier alpha value is -0.990. The van der Waals surface area contributed by atoms with Gasteiger partial charge in [0.05, 0.1) is 6.04 Å². The van der Waals surface area contributed by atoms with Crippen LogP contribution in [0.15, 0.2) is 12.2 Å². The number of ether oxygens (including phenoxy) is 1. The Bertz CT molecular complexity index is 240. The van der Waals surface area contributed by atoms with Crippen molar-refractivity contribution in [3.8, 4) is 0 Å². The van der Waals surface area contributed by atoms with Gasteiger partial charge < -0.3 is 9.64 Å². The molecule has 1 heterocycles. The van der Waals surface area contributed by atoms with E-state index >= 15 is 0 Å². The first kappa shape index (κ1) is 11.1. The van der Waals surface area contributed by atoms with E-state index in [1.165, 1.54) is 0 Å². The number of rotatable bonds is 0. The largest absolute Gasteiger partial charge is 0.444 e. The molecule has 0 unspecified atom stereocenters. The molecule has 1 rings (SSSR count). The Morgan fingerprint density at radius 1 is 1.50 bits per heavy atom. The van der Waals surface area contributed by atoms with Crippen LogP contribution in [0.1, 0.15) is 34.1 Å². The highest BCUT2D eigenvalue weighted by molar-refractivity contribution is 5.69. The third kappa shape index (κ3) is 3.05. The Balaban J connectivity index is 2.56. The fourth-order valence-corrected chi connectivity index (χ4v) is 1.39. The Kier molecular flexibility index (Phi) is 3.19. The quantitative estimate of drug-likeness (QED) is 0.558. The lowest BCUT2D eigenvalue weighted by Crippen LogP contribution is -2.43. The van der Waals surface area contributed by atoms with Gasteiger partial charge in [-0.25, -0.2) is 4.79 Å². The monoisotopic (exact) mass is 197 g/mol. The molecule has 3 heteroatoms. The minimum absolute atomic E-state index is 0.151. The Morgan fingerprint density at radius 3 is 2.64 bits per heavy atom. The summed E-state index contributed by atoms with van der Waals surface area (Å²) in [7, 11) is 0. The third-order valence-electron chi connectivity index (χ3n) is 2.07. The second kappa shape index (κ2) is 4.03. The summed E-state index contributed by atoms with van der Waals surface area (Å²) in [6, 6.07) is 0.151. The van der Waals surface area contributed by atoms with Gasteiger partial charge in [0.25, 0.3) is 0 Å². The van der Waals surface area contributed by atoms with Crippen LogP contribution < -0.4 is 0 Å². The number of carbonyl (C=O) groups excluding carboxylic acids is 1. The van der Waals surface area contributed by atoms with E-state index in [0.717, 1.165) is 13.0 Å². The van der Waals surface area contributed by atoms with Crippen LogP contribution in [0.5, 0.6) is 0 Å². The lowest BCUT2D eigenvalue weighted by molar-refractivity contribution is 0.0206. The first-order valence-corrected chi connectivity index (χ1v) is 5.06. The number of hydrogen-bond acceptors (Lipinski definition) is 2.